The quantitative estimate of drug-likeness (QED) is 0.864. The predicted molar refractivity (Wildman–Crippen MR) is 84.9 cm³/mol. The number of carbonyl (C=O) groups is 2. The van der Waals surface area contributed by atoms with Crippen molar-refractivity contribution in [2.45, 2.75) is 32.4 Å². The van der Waals surface area contributed by atoms with E-state index in [-0.39, 0.29) is 24.0 Å². The Kier molecular flexibility index (Phi) is 5.38. The summed E-state index contributed by atoms with van der Waals surface area (Å²) in [6.45, 7) is 4.81. The van der Waals surface area contributed by atoms with E-state index < -0.39 is 0 Å². The van der Waals surface area contributed by atoms with Gasteiger partial charge in [0.15, 0.2) is 0 Å². The lowest BCUT2D eigenvalue weighted by Gasteiger charge is -2.19. The highest BCUT2D eigenvalue weighted by Crippen LogP contribution is 2.21. The van der Waals surface area contributed by atoms with Crippen LogP contribution < -0.4 is 15.5 Å². The molecule has 1 heterocycles. The van der Waals surface area contributed by atoms with E-state index in [9.17, 15) is 9.59 Å². The summed E-state index contributed by atoms with van der Waals surface area (Å²) in [5, 5.41) is 5.62. The fourth-order valence-corrected chi connectivity index (χ4v) is 2.52. The first-order valence-corrected chi connectivity index (χ1v) is 7.42. The molecule has 0 saturated carbocycles. The second-order valence-corrected chi connectivity index (χ2v) is 5.72. The Morgan fingerprint density at radius 2 is 2.09 bits per heavy atom. The summed E-state index contributed by atoms with van der Waals surface area (Å²) >= 11 is 0. The lowest BCUT2D eigenvalue weighted by molar-refractivity contribution is -0.117. The van der Waals surface area contributed by atoms with Gasteiger partial charge in [0.05, 0.1) is 18.7 Å². The van der Waals surface area contributed by atoms with E-state index in [4.69, 9.17) is 4.74 Å². The molecule has 1 aromatic rings. The molecule has 2 N–H and O–H groups in total. The Hall–Kier alpha value is -2.08. The Balaban J connectivity index is 1.89. The minimum absolute atomic E-state index is 0.0269. The number of benzene rings is 1. The fourth-order valence-electron chi connectivity index (χ4n) is 2.52. The number of anilines is 1. The molecule has 0 aliphatic carbocycles. The van der Waals surface area contributed by atoms with Crippen molar-refractivity contribution in [2.24, 2.45) is 0 Å². The molecule has 2 atom stereocenters. The van der Waals surface area contributed by atoms with Crippen molar-refractivity contribution < 1.29 is 14.3 Å². The molecule has 3 amide bonds. The molecule has 120 valence electrons. The standard InChI is InChI=1S/C16H23N3O3/c1-11-4-6-14(7-5-11)19-9-13(8-15(19)20)18-16(21)17-12(2)10-22-3/h4-7,12-13H,8-10H2,1-3H3,(H2,17,18,21)/t12-,13-/m0/s1. The number of nitrogens with zero attached hydrogens (tertiary/aromatic N) is 1. The molecule has 1 fully saturated rings. The van der Waals surface area contributed by atoms with E-state index in [0.717, 1.165) is 11.3 Å². The van der Waals surface area contributed by atoms with Crippen LogP contribution in [0.15, 0.2) is 24.3 Å². The van der Waals surface area contributed by atoms with Gasteiger partial charge in [-0.1, -0.05) is 17.7 Å². The minimum Gasteiger partial charge on any atom is -0.383 e. The Bertz CT molecular complexity index is 530. The maximum Gasteiger partial charge on any atom is 0.315 e. The molecule has 6 nitrogen and oxygen atoms in total. The molecule has 1 aliphatic rings. The topological polar surface area (TPSA) is 70.7 Å². The fraction of sp³-hybridized carbons (Fsp3) is 0.500. The highest BCUT2D eigenvalue weighted by molar-refractivity contribution is 5.96. The van der Waals surface area contributed by atoms with E-state index in [1.807, 2.05) is 38.1 Å². The van der Waals surface area contributed by atoms with Gasteiger partial charge in [-0.05, 0) is 26.0 Å². The van der Waals surface area contributed by atoms with Crippen LogP contribution in [0.3, 0.4) is 0 Å². The van der Waals surface area contributed by atoms with Crippen molar-refractivity contribution in [1.29, 1.82) is 0 Å². The number of carbonyl (C=O) groups excluding carboxylic acids is 2. The van der Waals surface area contributed by atoms with Crippen LogP contribution in [-0.4, -0.2) is 44.3 Å². The van der Waals surface area contributed by atoms with Crippen LogP contribution in [0.5, 0.6) is 0 Å². The van der Waals surface area contributed by atoms with Gasteiger partial charge in [0.2, 0.25) is 5.91 Å². The van der Waals surface area contributed by atoms with Crippen LogP contribution in [0.1, 0.15) is 18.9 Å². The Morgan fingerprint density at radius 3 is 2.73 bits per heavy atom. The number of nitrogens with one attached hydrogen (secondary N) is 2. The van der Waals surface area contributed by atoms with Crippen LogP contribution in [0.4, 0.5) is 10.5 Å². The number of aryl methyl sites for hydroxylation is 1. The first-order chi connectivity index (χ1) is 10.5. The Morgan fingerprint density at radius 1 is 1.41 bits per heavy atom. The summed E-state index contributed by atoms with van der Waals surface area (Å²) in [6.07, 6.45) is 0.319. The summed E-state index contributed by atoms with van der Waals surface area (Å²) in [6, 6.07) is 7.28. The molecule has 1 aliphatic heterocycles. The highest BCUT2D eigenvalue weighted by atomic mass is 16.5. The van der Waals surface area contributed by atoms with Crippen LogP contribution in [-0.2, 0) is 9.53 Å². The normalized spacial score (nSPS) is 19.1. The van der Waals surface area contributed by atoms with Gasteiger partial charge in [-0.25, -0.2) is 4.79 Å². The van der Waals surface area contributed by atoms with Crippen LogP contribution in [0.25, 0.3) is 0 Å². The monoisotopic (exact) mass is 305 g/mol. The van der Waals surface area contributed by atoms with Gasteiger partial charge >= 0.3 is 6.03 Å². The molecular weight excluding hydrogens is 282 g/mol. The zero-order valence-corrected chi connectivity index (χ0v) is 13.3. The SMILES string of the molecule is COC[C@H](C)NC(=O)N[C@H]1CC(=O)N(c2ccc(C)cc2)C1. The number of hydrogen-bond acceptors (Lipinski definition) is 3. The number of hydrogen-bond donors (Lipinski definition) is 2. The van der Waals surface area contributed by atoms with E-state index in [1.165, 1.54) is 0 Å². The van der Waals surface area contributed by atoms with Gasteiger partial charge < -0.3 is 20.3 Å². The Labute approximate surface area is 130 Å². The van der Waals surface area contributed by atoms with Crippen LogP contribution >= 0.6 is 0 Å². The van der Waals surface area contributed by atoms with E-state index >= 15 is 0 Å². The van der Waals surface area contributed by atoms with E-state index in [1.54, 1.807) is 12.0 Å². The summed E-state index contributed by atoms with van der Waals surface area (Å²) in [5.41, 5.74) is 2.02. The number of amides is 3. The molecule has 0 spiro atoms. The molecule has 0 bridgehead atoms. The number of urea groups is 1. The predicted octanol–water partition coefficient (Wildman–Crippen LogP) is 1.43. The van der Waals surface area contributed by atoms with Gasteiger partial charge in [0.1, 0.15) is 0 Å². The van der Waals surface area contributed by atoms with E-state index in [0.29, 0.717) is 19.6 Å². The third kappa shape index (κ3) is 4.21. The molecule has 1 saturated heterocycles. The molecule has 6 heteroatoms. The maximum absolute atomic E-state index is 12.1. The second-order valence-electron chi connectivity index (χ2n) is 5.72. The molecule has 0 radical (unpaired) electrons. The second kappa shape index (κ2) is 7.26. The summed E-state index contributed by atoms with van der Waals surface area (Å²) in [7, 11) is 1.59. The third-order valence-corrected chi connectivity index (χ3v) is 3.60. The number of methoxy groups -OCH3 is 1. The van der Waals surface area contributed by atoms with Crippen molar-refractivity contribution in [3.05, 3.63) is 29.8 Å². The minimum atomic E-state index is -0.270. The summed E-state index contributed by atoms with van der Waals surface area (Å²) in [4.78, 5) is 25.7. The molecular formula is C16H23N3O3. The highest BCUT2D eigenvalue weighted by Gasteiger charge is 2.31. The largest absolute Gasteiger partial charge is 0.383 e. The van der Waals surface area contributed by atoms with Crippen LogP contribution in [0.2, 0.25) is 0 Å². The van der Waals surface area contributed by atoms with Crippen molar-refractivity contribution in [3.8, 4) is 0 Å². The molecule has 1 aromatic carbocycles. The zero-order chi connectivity index (χ0) is 16.1. The first kappa shape index (κ1) is 16.3. The van der Waals surface area contributed by atoms with Crippen molar-refractivity contribution in [1.82, 2.24) is 10.6 Å². The average Bonchev–Trinajstić information content (AvgIpc) is 2.80. The van der Waals surface area contributed by atoms with Crippen molar-refractivity contribution in [3.63, 3.8) is 0 Å². The van der Waals surface area contributed by atoms with Crippen LogP contribution in [0, 0.1) is 6.92 Å². The number of ether oxygens (including phenoxy) is 1. The third-order valence-electron chi connectivity index (χ3n) is 3.60. The molecule has 0 aromatic heterocycles. The molecule has 2 rings (SSSR count). The van der Waals surface area contributed by atoms with Gasteiger partial charge in [-0.3, -0.25) is 4.79 Å². The van der Waals surface area contributed by atoms with Gasteiger partial charge in [-0.15, -0.1) is 0 Å². The van der Waals surface area contributed by atoms with Crippen molar-refractivity contribution in [2.75, 3.05) is 25.2 Å². The summed E-state index contributed by atoms with van der Waals surface area (Å²) < 4.78 is 4.97. The lowest BCUT2D eigenvalue weighted by Crippen LogP contribution is -2.47. The smallest absolute Gasteiger partial charge is 0.315 e. The molecule has 0 unspecified atom stereocenters. The van der Waals surface area contributed by atoms with Gasteiger partial charge in [-0.2, -0.15) is 0 Å². The summed E-state index contributed by atoms with van der Waals surface area (Å²) in [5.74, 6) is 0.0269. The number of rotatable bonds is 5. The van der Waals surface area contributed by atoms with Gasteiger partial charge in [0.25, 0.3) is 0 Å². The van der Waals surface area contributed by atoms with Crippen molar-refractivity contribution >= 4 is 17.6 Å². The first-order valence-electron chi connectivity index (χ1n) is 7.42. The maximum atomic E-state index is 12.1. The van der Waals surface area contributed by atoms with E-state index in [2.05, 4.69) is 10.6 Å². The average molecular weight is 305 g/mol. The molecule has 22 heavy (non-hydrogen) atoms. The lowest BCUT2D eigenvalue weighted by atomic mass is 10.2. The zero-order valence-electron chi connectivity index (χ0n) is 13.3. The van der Waals surface area contributed by atoms with Gasteiger partial charge in [0, 0.05) is 25.8 Å².